The van der Waals surface area contributed by atoms with Gasteiger partial charge in [0.2, 0.25) is 5.95 Å². The van der Waals surface area contributed by atoms with Gasteiger partial charge in [-0.3, -0.25) is 9.36 Å². The lowest BCUT2D eigenvalue weighted by molar-refractivity contribution is -0.194. The quantitative estimate of drug-likeness (QED) is 0.691. The van der Waals surface area contributed by atoms with E-state index in [4.69, 9.17) is 19.9 Å². The summed E-state index contributed by atoms with van der Waals surface area (Å²) in [5, 5.41) is 0.766. The summed E-state index contributed by atoms with van der Waals surface area (Å²) < 4.78 is 19.6. The van der Waals surface area contributed by atoms with E-state index in [1.165, 1.54) is 17.8 Å². The Balaban J connectivity index is 1.83. The van der Waals surface area contributed by atoms with Crippen molar-refractivity contribution in [3.8, 4) is 0 Å². The summed E-state index contributed by atoms with van der Waals surface area (Å²) >= 11 is 1.53. The summed E-state index contributed by atoms with van der Waals surface area (Å²) in [5.74, 6) is 0.214. The molecule has 4 heterocycles. The summed E-state index contributed by atoms with van der Waals surface area (Å²) in [5.41, 5.74) is 5.57. The van der Waals surface area contributed by atoms with Crippen molar-refractivity contribution >= 4 is 17.7 Å². The monoisotopic (exact) mass is 297 g/mol. The standard InChI is InChI=1S/C12H15N3O4S/c1-12(2)18-8-5-4-20-7-3-6(16)14-11(13)15(7)10(17-5)9(8)19-12/h3,5,8-10H,4H2,1-2H3,(H2,13,14,16)/t5-,8-,9-,10-/m1/s1. The van der Waals surface area contributed by atoms with Gasteiger partial charge in [0.15, 0.2) is 12.0 Å². The molecule has 8 heteroatoms. The number of hydrogen-bond acceptors (Lipinski definition) is 7. The zero-order chi connectivity index (χ0) is 14.1. The van der Waals surface area contributed by atoms with Crippen LogP contribution in [-0.2, 0) is 14.2 Å². The van der Waals surface area contributed by atoms with E-state index in [0.29, 0.717) is 5.75 Å². The zero-order valence-electron chi connectivity index (χ0n) is 11.1. The number of nitrogen functional groups attached to an aromatic ring is 1. The molecular formula is C12H15N3O4S. The highest BCUT2D eigenvalue weighted by Gasteiger charge is 2.57. The molecule has 4 atom stereocenters. The molecule has 3 aliphatic rings. The summed E-state index contributed by atoms with van der Waals surface area (Å²) in [6.07, 6.45) is -0.827. The van der Waals surface area contributed by atoms with Gasteiger partial charge in [-0.1, -0.05) is 0 Å². The second kappa shape index (κ2) is 3.97. The topological polar surface area (TPSA) is 88.6 Å². The van der Waals surface area contributed by atoms with Crippen LogP contribution in [0.3, 0.4) is 0 Å². The predicted octanol–water partition coefficient (Wildman–Crippen LogP) is 0.349. The first-order valence-electron chi connectivity index (χ1n) is 6.47. The number of rotatable bonds is 0. The molecule has 20 heavy (non-hydrogen) atoms. The molecule has 1 aromatic rings. The molecule has 0 saturated carbocycles. The molecule has 3 aliphatic heterocycles. The number of nitrogens with two attached hydrogens (primary N) is 1. The number of anilines is 1. The Labute approximate surface area is 119 Å². The number of hydrogen-bond donors (Lipinski definition) is 1. The number of nitrogens with zero attached hydrogens (tertiary/aromatic N) is 2. The summed E-state index contributed by atoms with van der Waals surface area (Å²) in [4.78, 5) is 15.3. The zero-order valence-corrected chi connectivity index (χ0v) is 11.9. The lowest BCUT2D eigenvalue weighted by Crippen LogP contribution is -2.33. The lowest BCUT2D eigenvalue weighted by Gasteiger charge is -2.24. The Kier molecular flexibility index (Phi) is 2.51. The van der Waals surface area contributed by atoms with Crippen LogP contribution in [0, 0.1) is 0 Å². The Hall–Kier alpha value is -1.09. The fourth-order valence-electron chi connectivity index (χ4n) is 3.02. The van der Waals surface area contributed by atoms with Crippen LogP contribution < -0.4 is 11.3 Å². The Bertz CT molecular complexity index is 632. The normalized spacial score (nSPS) is 37.3. The minimum Gasteiger partial charge on any atom is -0.369 e. The second-order valence-electron chi connectivity index (χ2n) is 5.60. The third-order valence-electron chi connectivity index (χ3n) is 3.73. The first kappa shape index (κ1) is 12.6. The van der Waals surface area contributed by atoms with Crippen molar-refractivity contribution in [3.05, 3.63) is 16.4 Å². The van der Waals surface area contributed by atoms with Crippen LogP contribution in [0.1, 0.15) is 20.1 Å². The van der Waals surface area contributed by atoms with E-state index in [9.17, 15) is 4.79 Å². The van der Waals surface area contributed by atoms with Gasteiger partial charge in [0.1, 0.15) is 12.2 Å². The minimum atomic E-state index is -0.633. The van der Waals surface area contributed by atoms with Gasteiger partial charge in [0, 0.05) is 11.8 Å². The average molecular weight is 297 g/mol. The van der Waals surface area contributed by atoms with Crippen LogP contribution in [0.2, 0.25) is 0 Å². The molecule has 0 unspecified atom stereocenters. The van der Waals surface area contributed by atoms with E-state index in [-0.39, 0.29) is 29.8 Å². The van der Waals surface area contributed by atoms with Gasteiger partial charge in [0.05, 0.1) is 11.1 Å². The van der Waals surface area contributed by atoms with E-state index < -0.39 is 12.0 Å². The molecule has 7 nitrogen and oxygen atoms in total. The summed E-state index contributed by atoms with van der Waals surface area (Å²) in [7, 11) is 0. The molecule has 0 amide bonds. The molecule has 108 valence electrons. The maximum atomic E-state index is 11.5. The highest BCUT2D eigenvalue weighted by Crippen LogP contribution is 2.47. The molecule has 0 aromatic carbocycles. The van der Waals surface area contributed by atoms with Crippen molar-refractivity contribution in [2.24, 2.45) is 0 Å². The molecule has 0 spiro atoms. The highest BCUT2D eigenvalue weighted by atomic mass is 32.2. The smallest absolute Gasteiger partial charge is 0.275 e. The van der Waals surface area contributed by atoms with Crippen molar-refractivity contribution in [1.29, 1.82) is 0 Å². The first-order valence-corrected chi connectivity index (χ1v) is 7.46. The lowest BCUT2D eigenvalue weighted by atomic mass is 10.1. The van der Waals surface area contributed by atoms with Crippen LogP contribution in [0.25, 0.3) is 0 Å². The molecule has 0 radical (unpaired) electrons. The number of aromatic nitrogens is 2. The average Bonchev–Trinajstić information content (AvgIpc) is 2.72. The maximum Gasteiger partial charge on any atom is 0.275 e. The Morgan fingerprint density at radius 3 is 3.00 bits per heavy atom. The van der Waals surface area contributed by atoms with Crippen molar-refractivity contribution < 1.29 is 14.2 Å². The van der Waals surface area contributed by atoms with Crippen LogP contribution in [-0.4, -0.2) is 39.4 Å². The highest BCUT2D eigenvalue weighted by molar-refractivity contribution is 7.99. The number of fused-ring (bicyclic) bond motifs is 7. The fraction of sp³-hybridized carbons (Fsp3) is 0.667. The molecule has 1 aromatic heterocycles. The van der Waals surface area contributed by atoms with Crippen LogP contribution in [0.4, 0.5) is 5.95 Å². The van der Waals surface area contributed by atoms with Gasteiger partial charge in [-0.15, -0.1) is 11.8 Å². The van der Waals surface area contributed by atoms with Gasteiger partial charge in [-0.2, -0.15) is 4.98 Å². The second-order valence-corrected chi connectivity index (χ2v) is 6.64. The number of ether oxygens (including phenoxy) is 3. The van der Waals surface area contributed by atoms with Crippen molar-refractivity contribution in [2.45, 2.75) is 49.2 Å². The van der Waals surface area contributed by atoms with E-state index in [0.717, 1.165) is 5.03 Å². The molecule has 2 fully saturated rings. The van der Waals surface area contributed by atoms with Gasteiger partial charge in [0.25, 0.3) is 5.56 Å². The molecule has 0 aliphatic carbocycles. The van der Waals surface area contributed by atoms with Crippen LogP contribution in [0.5, 0.6) is 0 Å². The van der Waals surface area contributed by atoms with Gasteiger partial charge in [-0.05, 0) is 13.8 Å². The van der Waals surface area contributed by atoms with E-state index in [1.54, 1.807) is 4.57 Å². The van der Waals surface area contributed by atoms with Crippen molar-refractivity contribution in [2.75, 3.05) is 11.5 Å². The molecule has 2 bridgehead atoms. The van der Waals surface area contributed by atoms with E-state index >= 15 is 0 Å². The SMILES string of the molecule is CC1(C)O[C@@H]2[C@H](O1)[C@H]1CSc3cc(=O)nc(N)n3[C@@H]2O1. The fourth-order valence-corrected chi connectivity index (χ4v) is 4.15. The Morgan fingerprint density at radius 1 is 1.45 bits per heavy atom. The van der Waals surface area contributed by atoms with Crippen LogP contribution >= 0.6 is 11.8 Å². The van der Waals surface area contributed by atoms with Crippen molar-refractivity contribution in [1.82, 2.24) is 9.55 Å². The van der Waals surface area contributed by atoms with Crippen molar-refractivity contribution in [3.63, 3.8) is 0 Å². The third kappa shape index (κ3) is 1.72. The third-order valence-corrected chi connectivity index (χ3v) is 4.84. The predicted molar refractivity (Wildman–Crippen MR) is 71.4 cm³/mol. The molecule has 4 rings (SSSR count). The minimum absolute atomic E-state index is 0.0776. The number of thioether (sulfide) groups is 1. The van der Waals surface area contributed by atoms with Crippen LogP contribution in [0.15, 0.2) is 15.9 Å². The summed E-state index contributed by atoms with van der Waals surface area (Å²) in [6.45, 7) is 3.77. The maximum absolute atomic E-state index is 11.5. The van der Waals surface area contributed by atoms with Gasteiger partial charge < -0.3 is 19.9 Å². The molecule has 2 N–H and O–H groups in total. The largest absolute Gasteiger partial charge is 0.369 e. The van der Waals surface area contributed by atoms with Gasteiger partial charge in [-0.25, -0.2) is 0 Å². The summed E-state index contributed by atoms with van der Waals surface area (Å²) in [6, 6.07) is 1.49. The first-order chi connectivity index (χ1) is 9.44. The van der Waals surface area contributed by atoms with E-state index in [2.05, 4.69) is 4.98 Å². The van der Waals surface area contributed by atoms with E-state index in [1.807, 2.05) is 13.8 Å². The molecule has 2 saturated heterocycles. The van der Waals surface area contributed by atoms with Gasteiger partial charge >= 0.3 is 0 Å². The Morgan fingerprint density at radius 2 is 2.20 bits per heavy atom. The molecular weight excluding hydrogens is 282 g/mol.